The molecule has 31 heavy (non-hydrogen) atoms. The number of ether oxygens (including phenoxy) is 1. The first-order valence-electron chi connectivity index (χ1n) is 10.3. The third-order valence-corrected chi connectivity index (χ3v) is 5.71. The summed E-state index contributed by atoms with van der Waals surface area (Å²) >= 11 is 1.63. The highest BCUT2D eigenvalue weighted by atomic mass is 32.1. The topological polar surface area (TPSA) is 77.6 Å². The lowest BCUT2D eigenvalue weighted by molar-refractivity contribution is -0.115. The molecule has 0 saturated heterocycles. The van der Waals surface area contributed by atoms with E-state index in [9.17, 15) is 4.79 Å². The van der Waals surface area contributed by atoms with Crippen LogP contribution in [0.15, 0.2) is 70.9 Å². The summed E-state index contributed by atoms with van der Waals surface area (Å²) in [5.74, 6) is 0.626. The molecule has 0 spiro atoms. The second-order valence-electron chi connectivity index (χ2n) is 7.06. The molecule has 0 radical (unpaired) electrons. The number of hydrogen-bond donors (Lipinski definition) is 1. The van der Waals surface area contributed by atoms with Crippen LogP contribution in [0, 0.1) is 6.92 Å². The van der Waals surface area contributed by atoms with Gasteiger partial charge in [-0.1, -0.05) is 42.5 Å². The van der Waals surface area contributed by atoms with Crippen molar-refractivity contribution in [2.45, 2.75) is 33.6 Å². The summed E-state index contributed by atoms with van der Waals surface area (Å²) in [6.07, 6.45) is 2.43. The Bertz CT molecular complexity index is 1100. The van der Waals surface area contributed by atoms with Crippen LogP contribution in [0.5, 0.6) is 5.75 Å². The average molecular weight is 434 g/mol. The molecule has 3 aromatic rings. The van der Waals surface area contributed by atoms with Crippen LogP contribution in [0.4, 0.5) is 5.69 Å². The number of benzene rings is 2. The molecule has 6 heteroatoms. The fourth-order valence-electron chi connectivity index (χ4n) is 3.15. The van der Waals surface area contributed by atoms with E-state index in [1.54, 1.807) is 18.3 Å². The van der Waals surface area contributed by atoms with Gasteiger partial charge >= 0.3 is 0 Å². The molecule has 0 unspecified atom stereocenters. The number of nitrogens with zero attached hydrogens (tertiary/aromatic N) is 2. The van der Waals surface area contributed by atoms with E-state index in [0.717, 1.165) is 21.1 Å². The molecule has 0 saturated carbocycles. The van der Waals surface area contributed by atoms with E-state index in [4.69, 9.17) is 15.5 Å². The van der Waals surface area contributed by atoms with E-state index in [2.05, 4.69) is 11.9 Å². The van der Waals surface area contributed by atoms with Crippen LogP contribution in [-0.4, -0.2) is 23.6 Å². The fourth-order valence-corrected chi connectivity index (χ4v) is 4.10. The van der Waals surface area contributed by atoms with Gasteiger partial charge in [0.05, 0.1) is 22.9 Å². The molecule has 5 nitrogen and oxygen atoms in total. The number of allylic oxidation sites excluding steroid dienone is 2. The number of aryl methyl sites for hydroxylation is 2. The van der Waals surface area contributed by atoms with E-state index < -0.39 is 0 Å². The summed E-state index contributed by atoms with van der Waals surface area (Å²) < 4.78 is 5.59. The number of thiazole rings is 1. The Hall–Kier alpha value is -3.25. The monoisotopic (exact) mass is 433 g/mol. The van der Waals surface area contributed by atoms with Gasteiger partial charge < -0.3 is 10.5 Å². The van der Waals surface area contributed by atoms with Crippen LogP contribution in [0.2, 0.25) is 0 Å². The largest absolute Gasteiger partial charge is 0.492 e. The van der Waals surface area contributed by atoms with Crippen molar-refractivity contribution in [3.8, 4) is 17.0 Å². The zero-order valence-electron chi connectivity index (χ0n) is 18.1. The van der Waals surface area contributed by atoms with Crippen molar-refractivity contribution in [1.82, 2.24) is 4.98 Å². The Kier molecular flexibility index (Phi) is 7.73. The highest BCUT2D eigenvalue weighted by molar-refractivity contribution is 7.12. The van der Waals surface area contributed by atoms with Gasteiger partial charge in [-0.05, 0) is 32.9 Å². The number of carbonyl (C=O) groups excluding carboxylic acids is 1. The molecule has 0 atom stereocenters. The van der Waals surface area contributed by atoms with Crippen LogP contribution in [-0.2, 0) is 11.2 Å². The van der Waals surface area contributed by atoms with Crippen LogP contribution >= 0.6 is 11.3 Å². The minimum atomic E-state index is -0.0493. The smallest absolute Gasteiger partial charge is 0.166 e. The second-order valence-corrected chi connectivity index (χ2v) is 8.34. The Morgan fingerprint density at radius 2 is 1.87 bits per heavy atom. The molecular weight excluding hydrogens is 406 g/mol. The molecule has 0 bridgehead atoms. The summed E-state index contributed by atoms with van der Waals surface area (Å²) in [6.45, 7) is 6.24. The summed E-state index contributed by atoms with van der Waals surface area (Å²) in [7, 11) is 0. The van der Waals surface area contributed by atoms with Gasteiger partial charge in [0.2, 0.25) is 0 Å². The summed E-state index contributed by atoms with van der Waals surface area (Å²) in [6, 6.07) is 17.6. The average Bonchev–Trinajstić information content (AvgIpc) is 3.14. The van der Waals surface area contributed by atoms with Gasteiger partial charge in [0.15, 0.2) is 5.78 Å². The Balaban J connectivity index is 1.71. The standard InChI is InChI=1S/C25H27N3O2S/c1-4-30-23-13-9-8-12-21(23)27-16-20(17(2)26)22(29)14-15-24-28-25(18(3)31-24)19-10-6-5-7-11-19/h5-13,16H,4,14-15,26H2,1-3H3. The summed E-state index contributed by atoms with van der Waals surface area (Å²) in [4.78, 5) is 23.2. The molecule has 3 rings (SSSR count). The summed E-state index contributed by atoms with van der Waals surface area (Å²) in [5, 5.41) is 0.942. The molecule has 2 N–H and O–H groups in total. The molecule has 0 aliphatic carbocycles. The highest BCUT2D eigenvalue weighted by Gasteiger charge is 2.14. The van der Waals surface area contributed by atoms with Crippen LogP contribution in [0.3, 0.4) is 0 Å². The fraction of sp³-hybridized carbons (Fsp3) is 0.240. The lowest BCUT2D eigenvalue weighted by Gasteiger charge is -2.07. The summed E-state index contributed by atoms with van der Waals surface area (Å²) in [5.41, 5.74) is 9.60. The minimum Gasteiger partial charge on any atom is -0.492 e. The van der Waals surface area contributed by atoms with Crippen molar-refractivity contribution < 1.29 is 9.53 Å². The van der Waals surface area contributed by atoms with Crippen LogP contribution < -0.4 is 10.5 Å². The number of carbonyl (C=O) groups is 1. The van der Waals surface area contributed by atoms with E-state index in [1.165, 1.54) is 6.21 Å². The quantitative estimate of drug-likeness (QED) is 0.349. The number of para-hydroxylation sites is 2. The maximum atomic E-state index is 12.9. The minimum absolute atomic E-state index is 0.0493. The zero-order chi connectivity index (χ0) is 22.2. The lowest BCUT2D eigenvalue weighted by Crippen LogP contribution is -2.11. The van der Waals surface area contributed by atoms with E-state index >= 15 is 0 Å². The molecule has 2 aromatic carbocycles. The van der Waals surface area contributed by atoms with Crippen molar-refractivity contribution >= 4 is 29.0 Å². The van der Waals surface area contributed by atoms with Gasteiger partial charge in [0, 0.05) is 35.2 Å². The first-order valence-corrected chi connectivity index (χ1v) is 11.1. The Labute approximate surface area is 187 Å². The van der Waals surface area contributed by atoms with Crippen molar-refractivity contribution in [2.24, 2.45) is 10.7 Å². The van der Waals surface area contributed by atoms with Gasteiger partial charge in [-0.15, -0.1) is 11.3 Å². The van der Waals surface area contributed by atoms with Gasteiger partial charge in [-0.25, -0.2) is 4.98 Å². The normalized spacial score (nSPS) is 12.1. The molecule has 0 aliphatic rings. The van der Waals surface area contributed by atoms with Crippen molar-refractivity contribution in [3.05, 3.63) is 75.8 Å². The Morgan fingerprint density at radius 1 is 1.16 bits per heavy atom. The third-order valence-electron chi connectivity index (χ3n) is 4.68. The van der Waals surface area contributed by atoms with Gasteiger partial charge in [-0.2, -0.15) is 0 Å². The van der Waals surface area contributed by atoms with Gasteiger partial charge in [0.25, 0.3) is 0 Å². The molecule has 0 aliphatic heterocycles. The molecule has 0 fully saturated rings. The van der Waals surface area contributed by atoms with Crippen molar-refractivity contribution in [3.63, 3.8) is 0 Å². The predicted octanol–water partition coefficient (Wildman–Crippen LogP) is 5.65. The number of ketones is 1. The molecular formula is C25H27N3O2S. The van der Waals surface area contributed by atoms with Gasteiger partial charge in [0.1, 0.15) is 11.4 Å². The van der Waals surface area contributed by atoms with Gasteiger partial charge in [-0.3, -0.25) is 9.79 Å². The molecule has 160 valence electrons. The maximum absolute atomic E-state index is 12.9. The van der Waals surface area contributed by atoms with E-state index in [-0.39, 0.29) is 5.78 Å². The zero-order valence-corrected chi connectivity index (χ0v) is 18.9. The number of Topliss-reactive ketones (excluding diaryl/α,β-unsaturated/α-hetero) is 1. The number of rotatable bonds is 9. The third kappa shape index (κ3) is 5.89. The maximum Gasteiger partial charge on any atom is 0.166 e. The van der Waals surface area contributed by atoms with Crippen molar-refractivity contribution in [1.29, 1.82) is 0 Å². The van der Waals surface area contributed by atoms with Crippen LogP contribution in [0.1, 0.15) is 30.2 Å². The van der Waals surface area contributed by atoms with E-state index in [1.807, 2.05) is 61.5 Å². The molecule has 1 heterocycles. The number of hydrogen-bond acceptors (Lipinski definition) is 6. The number of nitrogens with two attached hydrogens (primary N) is 1. The van der Waals surface area contributed by atoms with E-state index in [0.29, 0.717) is 42.2 Å². The first kappa shape index (κ1) is 22.4. The van der Waals surface area contributed by atoms with Crippen molar-refractivity contribution in [2.75, 3.05) is 6.61 Å². The number of aromatic nitrogens is 1. The highest BCUT2D eigenvalue weighted by Crippen LogP contribution is 2.29. The SMILES string of the molecule is CCOc1ccccc1N=CC(C(=O)CCc1nc(-c2ccccc2)c(C)s1)=C(C)N. The molecule has 1 aromatic heterocycles. The number of aliphatic imine (C=N–C) groups is 1. The van der Waals surface area contributed by atoms with Crippen LogP contribution in [0.25, 0.3) is 11.3 Å². The first-order chi connectivity index (χ1) is 15.0. The Morgan fingerprint density at radius 3 is 2.58 bits per heavy atom. The predicted molar refractivity (Wildman–Crippen MR) is 128 cm³/mol. The lowest BCUT2D eigenvalue weighted by atomic mass is 10.1. The second kappa shape index (κ2) is 10.7. The molecule has 0 amide bonds.